The quantitative estimate of drug-likeness (QED) is 0.784. The lowest BCUT2D eigenvalue weighted by Gasteiger charge is -2.24. The Labute approximate surface area is 115 Å². The zero-order valence-corrected chi connectivity index (χ0v) is 12.0. The highest BCUT2D eigenvalue weighted by atomic mass is 16.4. The van der Waals surface area contributed by atoms with E-state index in [1.807, 2.05) is 18.2 Å². The van der Waals surface area contributed by atoms with Crippen molar-refractivity contribution >= 4 is 5.97 Å². The monoisotopic (exact) mass is 264 g/mol. The van der Waals surface area contributed by atoms with Crippen LogP contribution in [0.2, 0.25) is 0 Å². The molecule has 4 heteroatoms. The molecular formula is C15H24N2O2. The van der Waals surface area contributed by atoms with Crippen molar-refractivity contribution in [3.05, 3.63) is 30.1 Å². The fourth-order valence-electron chi connectivity index (χ4n) is 1.86. The molecule has 1 heterocycles. The summed E-state index contributed by atoms with van der Waals surface area (Å²) in [6.45, 7) is 8.30. The standard InChI is InChI=1S/C15H24N2O2/c1-12(2)7-9-17(10-13(3)15(18)19)11-14-6-4-5-8-16-14/h4-6,8,12-13H,7,9-11H2,1-3H3,(H,18,19). The van der Waals surface area contributed by atoms with Crippen molar-refractivity contribution in [3.8, 4) is 0 Å². The average Bonchev–Trinajstić information content (AvgIpc) is 2.37. The van der Waals surface area contributed by atoms with Crippen molar-refractivity contribution in [3.63, 3.8) is 0 Å². The molecule has 4 nitrogen and oxygen atoms in total. The van der Waals surface area contributed by atoms with E-state index >= 15 is 0 Å². The summed E-state index contributed by atoms with van der Waals surface area (Å²) in [6, 6.07) is 5.83. The summed E-state index contributed by atoms with van der Waals surface area (Å²) in [6.07, 6.45) is 2.84. The van der Waals surface area contributed by atoms with Gasteiger partial charge in [-0.25, -0.2) is 0 Å². The molecule has 0 radical (unpaired) electrons. The van der Waals surface area contributed by atoms with Crippen molar-refractivity contribution in [2.24, 2.45) is 11.8 Å². The van der Waals surface area contributed by atoms with Crippen LogP contribution in [0.15, 0.2) is 24.4 Å². The maximum Gasteiger partial charge on any atom is 0.307 e. The molecule has 0 saturated heterocycles. The van der Waals surface area contributed by atoms with Gasteiger partial charge in [-0.05, 0) is 31.0 Å². The van der Waals surface area contributed by atoms with Crippen LogP contribution in [0.3, 0.4) is 0 Å². The molecule has 106 valence electrons. The Morgan fingerprint density at radius 2 is 2.11 bits per heavy atom. The van der Waals surface area contributed by atoms with Gasteiger partial charge in [-0.15, -0.1) is 0 Å². The minimum absolute atomic E-state index is 0.351. The van der Waals surface area contributed by atoms with E-state index in [0.29, 0.717) is 19.0 Å². The molecule has 0 aliphatic carbocycles. The molecule has 19 heavy (non-hydrogen) atoms. The van der Waals surface area contributed by atoms with Crippen LogP contribution in [0.4, 0.5) is 0 Å². The topological polar surface area (TPSA) is 53.4 Å². The molecule has 0 fully saturated rings. The minimum Gasteiger partial charge on any atom is -0.481 e. The third-order valence-corrected chi connectivity index (χ3v) is 3.09. The Morgan fingerprint density at radius 3 is 2.63 bits per heavy atom. The Kier molecular flexibility index (Phi) is 6.50. The van der Waals surface area contributed by atoms with E-state index in [-0.39, 0.29) is 5.92 Å². The summed E-state index contributed by atoms with van der Waals surface area (Å²) in [5.41, 5.74) is 0.990. The van der Waals surface area contributed by atoms with Crippen LogP contribution in [0, 0.1) is 11.8 Å². The fraction of sp³-hybridized carbons (Fsp3) is 0.600. The van der Waals surface area contributed by atoms with Crippen LogP contribution >= 0.6 is 0 Å². The second-order valence-corrected chi connectivity index (χ2v) is 5.48. The zero-order valence-electron chi connectivity index (χ0n) is 12.0. The molecule has 0 aliphatic heterocycles. The Bertz CT molecular complexity index is 379. The van der Waals surface area contributed by atoms with Crippen molar-refractivity contribution < 1.29 is 9.90 Å². The number of rotatable bonds is 8. The van der Waals surface area contributed by atoms with Crippen molar-refractivity contribution in [1.29, 1.82) is 0 Å². The van der Waals surface area contributed by atoms with Gasteiger partial charge in [0.1, 0.15) is 0 Å². The van der Waals surface area contributed by atoms with Gasteiger partial charge >= 0.3 is 5.97 Å². The highest BCUT2D eigenvalue weighted by molar-refractivity contribution is 5.69. The molecule has 0 saturated carbocycles. The van der Waals surface area contributed by atoms with Gasteiger partial charge in [0, 0.05) is 19.3 Å². The number of carboxylic acids is 1. The van der Waals surface area contributed by atoms with Gasteiger partial charge in [-0.2, -0.15) is 0 Å². The molecule has 1 rings (SSSR count). The zero-order chi connectivity index (χ0) is 14.3. The second kappa shape index (κ2) is 7.89. The number of carboxylic acid groups (broad SMARTS) is 1. The molecule has 1 atom stereocenters. The van der Waals surface area contributed by atoms with Gasteiger partial charge < -0.3 is 5.11 Å². The predicted octanol–water partition coefficient (Wildman–Crippen LogP) is 2.65. The van der Waals surface area contributed by atoms with E-state index in [1.165, 1.54) is 0 Å². The fourth-order valence-corrected chi connectivity index (χ4v) is 1.86. The lowest BCUT2D eigenvalue weighted by atomic mass is 10.1. The number of hydrogen-bond donors (Lipinski definition) is 1. The second-order valence-electron chi connectivity index (χ2n) is 5.48. The smallest absolute Gasteiger partial charge is 0.307 e. The molecule has 0 spiro atoms. The largest absolute Gasteiger partial charge is 0.481 e. The van der Waals surface area contributed by atoms with Crippen molar-refractivity contribution in [2.45, 2.75) is 33.7 Å². The van der Waals surface area contributed by atoms with Gasteiger partial charge in [0.25, 0.3) is 0 Å². The highest BCUT2D eigenvalue weighted by Gasteiger charge is 2.16. The van der Waals surface area contributed by atoms with E-state index in [2.05, 4.69) is 23.7 Å². The minimum atomic E-state index is -0.740. The first-order valence-electron chi connectivity index (χ1n) is 6.84. The Balaban J connectivity index is 2.60. The maximum atomic E-state index is 11.0. The number of nitrogens with zero attached hydrogens (tertiary/aromatic N) is 2. The number of aromatic nitrogens is 1. The SMILES string of the molecule is CC(C)CCN(Cc1ccccn1)CC(C)C(=O)O. The first-order valence-corrected chi connectivity index (χ1v) is 6.84. The molecule has 1 N–H and O–H groups in total. The van der Waals surface area contributed by atoms with Crippen LogP contribution in [-0.2, 0) is 11.3 Å². The molecule has 1 aromatic rings. The summed E-state index contributed by atoms with van der Waals surface area (Å²) in [7, 11) is 0. The van der Waals surface area contributed by atoms with Crippen LogP contribution in [-0.4, -0.2) is 34.0 Å². The lowest BCUT2D eigenvalue weighted by Crippen LogP contribution is -2.33. The average molecular weight is 264 g/mol. The lowest BCUT2D eigenvalue weighted by molar-refractivity contribution is -0.141. The Hall–Kier alpha value is -1.42. The first-order chi connectivity index (χ1) is 8.99. The third-order valence-electron chi connectivity index (χ3n) is 3.09. The molecule has 0 amide bonds. The Morgan fingerprint density at radius 1 is 1.37 bits per heavy atom. The van der Waals surface area contributed by atoms with Gasteiger partial charge in [0.2, 0.25) is 0 Å². The summed E-state index contributed by atoms with van der Waals surface area (Å²) in [5.74, 6) is -0.474. The summed E-state index contributed by atoms with van der Waals surface area (Å²) in [5, 5.41) is 9.03. The molecule has 1 unspecified atom stereocenters. The summed E-state index contributed by atoms with van der Waals surface area (Å²) in [4.78, 5) is 17.5. The van der Waals surface area contributed by atoms with Crippen LogP contribution in [0.25, 0.3) is 0 Å². The van der Waals surface area contributed by atoms with E-state index < -0.39 is 5.97 Å². The molecular weight excluding hydrogens is 240 g/mol. The van der Waals surface area contributed by atoms with Crippen molar-refractivity contribution in [2.75, 3.05) is 13.1 Å². The molecule has 0 aliphatic rings. The number of carbonyl (C=O) groups is 1. The highest BCUT2D eigenvalue weighted by Crippen LogP contribution is 2.09. The predicted molar refractivity (Wildman–Crippen MR) is 75.8 cm³/mol. The number of pyridine rings is 1. The van der Waals surface area contributed by atoms with Crippen molar-refractivity contribution in [1.82, 2.24) is 9.88 Å². The number of hydrogen-bond acceptors (Lipinski definition) is 3. The van der Waals surface area contributed by atoms with Gasteiger partial charge in [0.05, 0.1) is 11.6 Å². The van der Waals surface area contributed by atoms with Gasteiger partial charge in [-0.3, -0.25) is 14.7 Å². The van der Waals surface area contributed by atoms with Crippen LogP contribution in [0.1, 0.15) is 32.9 Å². The van der Waals surface area contributed by atoms with E-state index in [0.717, 1.165) is 18.7 Å². The third kappa shape index (κ3) is 6.34. The van der Waals surface area contributed by atoms with Crippen LogP contribution in [0.5, 0.6) is 0 Å². The van der Waals surface area contributed by atoms with E-state index in [9.17, 15) is 4.79 Å². The van der Waals surface area contributed by atoms with Gasteiger partial charge in [-0.1, -0.05) is 26.8 Å². The normalized spacial score (nSPS) is 12.9. The van der Waals surface area contributed by atoms with Gasteiger partial charge in [0.15, 0.2) is 0 Å². The van der Waals surface area contributed by atoms with E-state index in [4.69, 9.17) is 5.11 Å². The summed E-state index contributed by atoms with van der Waals surface area (Å²) >= 11 is 0. The van der Waals surface area contributed by atoms with Crippen LogP contribution < -0.4 is 0 Å². The molecule has 0 aromatic carbocycles. The van der Waals surface area contributed by atoms with E-state index in [1.54, 1.807) is 13.1 Å². The molecule has 1 aromatic heterocycles. The molecule has 0 bridgehead atoms. The first kappa shape index (κ1) is 15.6. The number of aliphatic carboxylic acids is 1. The summed E-state index contributed by atoms with van der Waals surface area (Å²) < 4.78 is 0. The maximum absolute atomic E-state index is 11.0.